The monoisotopic (exact) mass is 261 g/mol. The second-order valence-corrected chi connectivity index (χ2v) is 6.27. The Balaban J connectivity index is 1.67. The number of carbonyl (C=O) groups is 1. The van der Waals surface area contributed by atoms with Gasteiger partial charge in [-0.3, -0.25) is 4.79 Å². The van der Waals surface area contributed by atoms with Crippen molar-refractivity contribution in [2.24, 2.45) is 17.8 Å². The first-order valence-corrected chi connectivity index (χ1v) is 8.02. The fourth-order valence-electron chi connectivity index (χ4n) is 3.82. The Hall–Kier alpha value is -0.970. The number of hydrogen-bond donors (Lipinski definition) is 1. The van der Waals surface area contributed by atoms with Crippen LogP contribution in [-0.4, -0.2) is 12.5 Å². The molecular weight excluding hydrogens is 234 g/mol. The van der Waals surface area contributed by atoms with Crippen molar-refractivity contribution in [3.63, 3.8) is 0 Å². The molecular formula is C17H27NO. The zero-order valence-electron chi connectivity index (χ0n) is 12.0. The third-order valence-electron chi connectivity index (χ3n) is 4.96. The highest BCUT2D eigenvalue weighted by Gasteiger charge is 2.34. The number of unbranched alkanes of at least 4 members (excludes halogenated alkanes) is 2. The average Bonchev–Trinajstić information content (AvgIpc) is 2.46. The molecule has 0 aromatic carbocycles. The molecule has 0 aromatic rings. The van der Waals surface area contributed by atoms with Crippen LogP contribution in [0.4, 0.5) is 0 Å². The van der Waals surface area contributed by atoms with Crippen LogP contribution in [-0.2, 0) is 4.79 Å². The summed E-state index contributed by atoms with van der Waals surface area (Å²) >= 11 is 0. The number of rotatable bonds is 5. The van der Waals surface area contributed by atoms with Crippen molar-refractivity contribution in [3.05, 3.63) is 0 Å². The summed E-state index contributed by atoms with van der Waals surface area (Å²) in [5.74, 6) is 4.98. The van der Waals surface area contributed by atoms with Crippen LogP contribution in [0.1, 0.15) is 64.2 Å². The molecule has 2 heteroatoms. The van der Waals surface area contributed by atoms with Gasteiger partial charge >= 0.3 is 0 Å². The van der Waals surface area contributed by atoms with Crippen molar-refractivity contribution in [2.75, 3.05) is 6.54 Å². The molecule has 1 amide bonds. The van der Waals surface area contributed by atoms with E-state index in [1.165, 1.54) is 32.1 Å². The molecule has 1 N–H and O–H groups in total. The van der Waals surface area contributed by atoms with Gasteiger partial charge in [-0.15, -0.1) is 12.3 Å². The number of terminal acetylenes is 1. The van der Waals surface area contributed by atoms with E-state index in [4.69, 9.17) is 6.42 Å². The zero-order valence-corrected chi connectivity index (χ0v) is 12.0. The first kappa shape index (κ1) is 14.4. The van der Waals surface area contributed by atoms with E-state index in [0.717, 1.165) is 50.5 Å². The maximum absolute atomic E-state index is 12.2. The Morgan fingerprint density at radius 2 is 1.89 bits per heavy atom. The summed E-state index contributed by atoms with van der Waals surface area (Å²) in [5, 5.41) is 3.10. The summed E-state index contributed by atoms with van der Waals surface area (Å²) < 4.78 is 0. The molecule has 0 aromatic heterocycles. The lowest BCUT2D eigenvalue weighted by atomic mass is 9.67. The van der Waals surface area contributed by atoms with Crippen molar-refractivity contribution in [1.82, 2.24) is 5.32 Å². The Morgan fingerprint density at radius 3 is 2.68 bits per heavy atom. The number of nitrogens with one attached hydrogen (secondary N) is 1. The molecule has 0 spiro atoms. The van der Waals surface area contributed by atoms with Gasteiger partial charge in [-0.1, -0.05) is 25.7 Å². The third kappa shape index (κ3) is 4.27. The molecule has 2 fully saturated rings. The van der Waals surface area contributed by atoms with Crippen LogP contribution in [0.5, 0.6) is 0 Å². The van der Waals surface area contributed by atoms with E-state index in [2.05, 4.69) is 11.2 Å². The molecule has 0 bridgehead atoms. The Bertz CT molecular complexity index is 331. The summed E-state index contributed by atoms with van der Waals surface area (Å²) in [4.78, 5) is 12.2. The Labute approximate surface area is 117 Å². The van der Waals surface area contributed by atoms with Gasteiger partial charge in [-0.2, -0.15) is 0 Å². The quantitative estimate of drug-likeness (QED) is 0.595. The van der Waals surface area contributed by atoms with Gasteiger partial charge in [0.15, 0.2) is 0 Å². The summed E-state index contributed by atoms with van der Waals surface area (Å²) in [6.07, 6.45) is 17.1. The largest absolute Gasteiger partial charge is 0.356 e. The minimum atomic E-state index is 0.284. The SMILES string of the molecule is C#CCCCCNC(=O)C1CCC2CCCCC2C1. The van der Waals surface area contributed by atoms with Gasteiger partial charge in [0, 0.05) is 18.9 Å². The molecule has 2 rings (SSSR count). The molecule has 2 saturated carbocycles. The zero-order chi connectivity index (χ0) is 13.5. The van der Waals surface area contributed by atoms with Gasteiger partial charge in [0.1, 0.15) is 0 Å². The van der Waals surface area contributed by atoms with Crippen molar-refractivity contribution < 1.29 is 4.79 Å². The summed E-state index contributed by atoms with van der Waals surface area (Å²) in [7, 11) is 0. The first-order chi connectivity index (χ1) is 9.31. The van der Waals surface area contributed by atoms with Gasteiger partial charge in [-0.05, 0) is 43.9 Å². The molecule has 2 nitrogen and oxygen atoms in total. The van der Waals surface area contributed by atoms with Crippen LogP contribution in [0.2, 0.25) is 0 Å². The minimum absolute atomic E-state index is 0.284. The molecule has 3 unspecified atom stereocenters. The fraction of sp³-hybridized carbons (Fsp3) is 0.824. The van der Waals surface area contributed by atoms with Crippen LogP contribution in [0, 0.1) is 30.1 Å². The molecule has 2 aliphatic carbocycles. The molecule has 0 heterocycles. The van der Waals surface area contributed by atoms with E-state index in [9.17, 15) is 4.79 Å². The highest BCUT2D eigenvalue weighted by molar-refractivity contribution is 5.78. The maximum Gasteiger partial charge on any atom is 0.223 e. The van der Waals surface area contributed by atoms with Crippen molar-refractivity contribution in [3.8, 4) is 12.3 Å². The standard InChI is InChI=1S/C17H27NO/c1-2-3-4-7-12-18-17(19)16-11-10-14-8-5-6-9-15(14)13-16/h1,14-16H,3-13H2,(H,18,19). The second kappa shape index (κ2) is 7.58. The molecule has 106 valence electrons. The minimum Gasteiger partial charge on any atom is -0.356 e. The van der Waals surface area contributed by atoms with E-state index in [1.807, 2.05) is 0 Å². The van der Waals surface area contributed by atoms with Gasteiger partial charge < -0.3 is 5.32 Å². The van der Waals surface area contributed by atoms with Crippen LogP contribution in [0.25, 0.3) is 0 Å². The topological polar surface area (TPSA) is 29.1 Å². The fourth-order valence-corrected chi connectivity index (χ4v) is 3.82. The lowest BCUT2D eigenvalue weighted by Gasteiger charge is -2.38. The van der Waals surface area contributed by atoms with Gasteiger partial charge in [0.25, 0.3) is 0 Å². The number of amides is 1. The van der Waals surface area contributed by atoms with Crippen molar-refractivity contribution >= 4 is 5.91 Å². The first-order valence-electron chi connectivity index (χ1n) is 8.02. The van der Waals surface area contributed by atoms with Crippen LogP contribution in [0.3, 0.4) is 0 Å². The van der Waals surface area contributed by atoms with Crippen molar-refractivity contribution in [2.45, 2.75) is 64.2 Å². The normalized spacial score (nSPS) is 30.2. The molecule has 0 radical (unpaired) electrons. The smallest absolute Gasteiger partial charge is 0.223 e. The predicted molar refractivity (Wildman–Crippen MR) is 78.5 cm³/mol. The van der Waals surface area contributed by atoms with E-state index >= 15 is 0 Å². The molecule has 3 atom stereocenters. The third-order valence-corrected chi connectivity index (χ3v) is 4.96. The van der Waals surface area contributed by atoms with Gasteiger partial charge in [0.05, 0.1) is 0 Å². The second-order valence-electron chi connectivity index (χ2n) is 6.27. The van der Waals surface area contributed by atoms with Crippen LogP contribution < -0.4 is 5.32 Å². The molecule has 0 aliphatic heterocycles. The van der Waals surface area contributed by atoms with Crippen LogP contribution >= 0.6 is 0 Å². The number of fused-ring (bicyclic) bond motifs is 1. The van der Waals surface area contributed by atoms with E-state index in [1.54, 1.807) is 0 Å². The summed E-state index contributed by atoms with van der Waals surface area (Å²) in [6.45, 7) is 0.797. The lowest BCUT2D eigenvalue weighted by molar-refractivity contribution is -0.127. The summed E-state index contributed by atoms with van der Waals surface area (Å²) in [6, 6.07) is 0. The number of hydrogen-bond acceptors (Lipinski definition) is 1. The van der Waals surface area contributed by atoms with Gasteiger partial charge in [0.2, 0.25) is 5.91 Å². The molecule has 0 saturated heterocycles. The van der Waals surface area contributed by atoms with Crippen molar-refractivity contribution in [1.29, 1.82) is 0 Å². The Kier molecular flexibility index (Phi) is 5.76. The van der Waals surface area contributed by atoms with Crippen LogP contribution in [0.15, 0.2) is 0 Å². The van der Waals surface area contributed by atoms with E-state index in [0.29, 0.717) is 5.91 Å². The molecule has 2 aliphatic rings. The molecule has 19 heavy (non-hydrogen) atoms. The highest BCUT2D eigenvalue weighted by atomic mass is 16.1. The maximum atomic E-state index is 12.2. The predicted octanol–water partition coefficient (Wildman–Crippen LogP) is 3.51. The average molecular weight is 261 g/mol. The van der Waals surface area contributed by atoms with Gasteiger partial charge in [-0.25, -0.2) is 0 Å². The van der Waals surface area contributed by atoms with E-state index in [-0.39, 0.29) is 5.92 Å². The number of carbonyl (C=O) groups excluding carboxylic acids is 1. The Morgan fingerprint density at radius 1 is 1.11 bits per heavy atom. The highest BCUT2D eigenvalue weighted by Crippen LogP contribution is 2.42. The lowest BCUT2D eigenvalue weighted by Crippen LogP contribution is -2.37. The summed E-state index contributed by atoms with van der Waals surface area (Å²) in [5.41, 5.74) is 0. The van der Waals surface area contributed by atoms with E-state index < -0.39 is 0 Å².